The SMILES string of the molecule is Cc1cccc2c(=O)n(CCC(=O)N[C@H](C)C(=O)O)cnc12. The Morgan fingerprint density at radius 3 is 2.82 bits per heavy atom. The Morgan fingerprint density at radius 1 is 1.41 bits per heavy atom. The number of aliphatic carboxylic acids is 1. The standard InChI is InChI=1S/C15H17N3O4/c1-9-4-3-5-11-13(9)16-8-18(14(11)20)7-6-12(19)17-10(2)15(21)22/h3-5,8,10H,6-7H2,1-2H3,(H,17,19)(H,21,22)/t10-/m1/s1. The smallest absolute Gasteiger partial charge is 0.325 e. The van der Waals surface area contributed by atoms with Crippen LogP contribution < -0.4 is 10.9 Å². The number of carbonyl (C=O) groups is 2. The molecule has 2 rings (SSSR count). The first-order valence-corrected chi connectivity index (χ1v) is 6.87. The van der Waals surface area contributed by atoms with E-state index < -0.39 is 17.9 Å². The van der Waals surface area contributed by atoms with Gasteiger partial charge in [0.05, 0.1) is 17.2 Å². The zero-order valence-electron chi connectivity index (χ0n) is 12.4. The lowest BCUT2D eigenvalue weighted by Crippen LogP contribution is -2.39. The minimum Gasteiger partial charge on any atom is -0.480 e. The number of nitrogens with zero attached hydrogens (tertiary/aromatic N) is 2. The average molecular weight is 303 g/mol. The van der Waals surface area contributed by atoms with Crippen molar-refractivity contribution in [2.45, 2.75) is 32.9 Å². The highest BCUT2D eigenvalue weighted by molar-refractivity contribution is 5.83. The molecule has 0 unspecified atom stereocenters. The van der Waals surface area contributed by atoms with Gasteiger partial charge in [-0.1, -0.05) is 12.1 Å². The van der Waals surface area contributed by atoms with Crippen molar-refractivity contribution in [2.75, 3.05) is 0 Å². The lowest BCUT2D eigenvalue weighted by molar-refractivity contribution is -0.141. The van der Waals surface area contributed by atoms with E-state index in [1.54, 1.807) is 12.1 Å². The Kier molecular flexibility index (Phi) is 4.55. The number of carboxylic acid groups (broad SMARTS) is 1. The second-order valence-electron chi connectivity index (χ2n) is 5.09. The maximum absolute atomic E-state index is 12.3. The van der Waals surface area contributed by atoms with Gasteiger partial charge in [-0.3, -0.25) is 19.0 Å². The lowest BCUT2D eigenvalue weighted by Gasteiger charge is -2.10. The summed E-state index contributed by atoms with van der Waals surface area (Å²) in [6.07, 6.45) is 1.42. The molecule has 2 aromatic rings. The van der Waals surface area contributed by atoms with Gasteiger partial charge in [0.2, 0.25) is 5.91 Å². The lowest BCUT2D eigenvalue weighted by atomic mass is 10.1. The van der Waals surface area contributed by atoms with Gasteiger partial charge in [0.1, 0.15) is 6.04 Å². The number of aromatic nitrogens is 2. The van der Waals surface area contributed by atoms with Gasteiger partial charge in [-0.25, -0.2) is 4.98 Å². The molecule has 22 heavy (non-hydrogen) atoms. The van der Waals surface area contributed by atoms with E-state index in [0.717, 1.165) is 5.56 Å². The van der Waals surface area contributed by atoms with Crippen molar-refractivity contribution < 1.29 is 14.7 Å². The minimum absolute atomic E-state index is 0.0104. The second kappa shape index (κ2) is 6.38. The third kappa shape index (κ3) is 3.30. The van der Waals surface area contributed by atoms with Gasteiger partial charge in [0, 0.05) is 13.0 Å². The van der Waals surface area contributed by atoms with E-state index >= 15 is 0 Å². The number of benzene rings is 1. The largest absolute Gasteiger partial charge is 0.480 e. The number of fused-ring (bicyclic) bond motifs is 1. The van der Waals surface area contributed by atoms with E-state index in [1.165, 1.54) is 17.8 Å². The van der Waals surface area contributed by atoms with E-state index in [2.05, 4.69) is 10.3 Å². The van der Waals surface area contributed by atoms with E-state index in [4.69, 9.17) is 5.11 Å². The minimum atomic E-state index is -1.10. The number of carbonyl (C=O) groups excluding carboxylic acids is 1. The summed E-state index contributed by atoms with van der Waals surface area (Å²) in [6, 6.07) is 4.40. The molecule has 0 spiro atoms. The van der Waals surface area contributed by atoms with Crippen molar-refractivity contribution in [1.82, 2.24) is 14.9 Å². The quantitative estimate of drug-likeness (QED) is 0.846. The Labute approximate surface area is 126 Å². The molecule has 1 amide bonds. The molecule has 0 aliphatic rings. The predicted octanol–water partition coefficient (Wildman–Crippen LogP) is 0.684. The van der Waals surface area contributed by atoms with Crippen LogP contribution in [-0.4, -0.2) is 32.6 Å². The van der Waals surface area contributed by atoms with Crippen LogP contribution in [0.3, 0.4) is 0 Å². The third-order valence-corrected chi connectivity index (χ3v) is 3.38. The average Bonchev–Trinajstić information content (AvgIpc) is 2.47. The van der Waals surface area contributed by atoms with Crippen LogP contribution in [0.2, 0.25) is 0 Å². The van der Waals surface area contributed by atoms with Crippen molar-refractivity contribution in [3.8, 4) is 0 Å². The van der Waals surface area contributed by atoms with Crippen LogP contribution >= 0.6 is 0 Å². The fourth-order valence-electron chi connectivity index (χ4n) is 2.09. The molecule has 1 atom stereocenters. The van der Waals surface area contributed by atoms with E-state index in [0.29, 0.717) is 10.9 Å². The number of hydrogen-bond acceptors (Lipinski definition) is 4. The Hall–Kier alpha value is -2.70. The number of amides is 1. The highest BCUT2D eigenvalue weighted by Crippen LogP contribution is 2.11. The Morgan fingerprint density at radius 2 is 2.14 bits per heavy atom. The van der Waals surface area contributed by atoms with Crippen LogP contribution in [0.1, 0.15) is 18.9 Å². The van der Waals surface area contributed by atoms with Crippen molar-refractivity contribution in [2.24, 2.45) is 0 Å². The third-order valence-electron chi connectivity index (χ3n) is 3.38. The summed E-state index contributed by atoms with van der Waals surface area (Å²) in [5.74, 6) is -1.53. The first-order chi connectivity index (χ1) is 10.4. The predicted molar refractivity (Wildman–Crippen MR) is 80.6 cm³/mol. The zero-order chi connectivity index (χ0) is 16.3. The fourth-order valence-corrected chi connectivity index (χ4v) is 2.09. The fraction of sp³-hybridized carbons (Fsp3) is 0.333. The molecule has 0 aliphatic heterocycles. The van der Waals surface area contributed by atoms with Crippen LogP contribution in [0.4, 0.5) is 0 Å². The molecular formula is C15H17N3O4. The molecular weight excluding hydrogens is 286 g/mol. The van der Waals surface area contributed by atoms with Crippen LogP contribution in [0.5, 0.6) is 0 Å². The molecule has 1 heterocycles. The highest BCUT2D eigenvalue weighted by Gasteiger charge is 2.14. The molecule has 7 heteroatoms. The molecule has 0 radical (unpaired) electrons. The van der Waals surface area contributed by atoms with Gasteiger partial charge in [-0.2, -0.15) is 0 Å². The molecule has 0 bridgehead atoms. The van der Waals surface area contributed by atoms with E-state index in [1.807, 2.05) is 13.0 Å². The molecule has 2 N–H and O–H groups in total. The summed E-state index contributed by atoms with van der Waals surface area (Å²) >= 11 is 0. The molecule has 0 fully saturated rings. The number of para-hydroxylation sites is 1. The number of aryl methyl sites for hydroxylation is 2. The number of nitrogens with one attached hydrogen (secondary N) is 1. The number of hydrogen-bond donors (Lipinski definition) is 2. The molecule has 7 nitrogen and oxygen atoms in total. The summed E-state index contributed by atoms with van der Waals surface area (Å²) in [4.78, 5) is 38.9. The monoisotopic (exact) mass is 303 g/mol. The van der Waals surface area contributed by atoms with Gasteiger partial charge in [0.25, 0.3) is 5.56 Å². The molecule has 0 saturated carbocycles. The zero-order valence-corrected chi connectivity index (χ0v) is 12.4. The first kappa shape index (κ1) is 15.7. The van der Waals surface area contributed by atoms with E-state index in [-0.39, 0.29) is 18.5 Å². The molecule has 1 aromatic carbocycles. The number of carboxylic acids is 1. The maximum Gasteiger partial charge on any atom is 0.325 e. The second-order valence-corrected chi connectivity index (χ2v) is 5.09. The molecule has 1 aromatic heterocycles. The van der Waals surface area contributed by atoms with Gasteiger partial charge >= 0.3 is 5.97 Å². The van der Waals surface area contributed by atoms with Crippen molar-refractivity contribution in [3.05, 3.63) is 40.4 Å². The molecule has 0 saturated heterocycles. The first-order valence-electron chi connectivity index (χ1n) is 6.87. The Balaban J connectivity index is 2.13. The summed E-state index contributed by atoms with van der Waals surface area (Å²) < 4.78 is 1.35. The molecule has 116 valence electrons. The van der Waals surface area contributed by atoms with Gasteiger partial charge in [-0.05, 0) is 25.5 Å². The van der Waals surface area contributed by atoms with Crippen LogP contribution in [0, 0.1) is 6.92 Å². The van der Waals surface area contributed by atoms with Crippen molar-refractivity contribution >= 4 is 22.8 Å². The van der Waals surface area contributed by atoms with Crippen LogP contribution in [0.15, 0.2) is 29.3 Å². The molecule has 0 aliphatic carbocycles. The van der Waals surface area contributed by atoms with Gasteiger partial charge < -0.3 is 10.4 Å². The maximum atomic E-state index is 12.3. The van der Waals surface area contributed by atoms with Gasteiger partial charge in [0.15, 0.2) is 0 Å². The number of rotatable bonds is 5. The van der Waals surface area contributed by atoms with Crippen molar-refractivity contribution in [3.63, 3.8) is 0 Å². The Bertz CT molecular complexity index is 782. The van der Waals surface area contributed by atoms with Crippen LogP contribution in [0.25, 0.3) is 10.9 Å². The van der Waals surface area contributed by atoms with E-state index in [9.17, 15) is 14.4 Å². The normalized spacial score (nSPS) is 12.1. The topological polar surface area (TPSA) is 101 Å². The summed E-state index contributed by atoms with van der Waals surface area (Å²) in [5, 5.41) is 11.6. The summed E-state index contributed by atoms with van der Waals surface area (Å²) in [7, 11) is 0. The van der Waals surface area contributed by atoms with Crippen LogP contribution in [-0.2, 0) is 16.1 Å². The highest BCUT2D eigenvalue weighted by atomic mass is 16.4. The summed E-state index contributed by atoms with van der Waals surface area (Å²) in [5.41, 5.74) is 1.34. The summed E-state index contributed by atoms with van der Waals surface area (Å²) in [6.45, 7) is 3.40. The van der Waals surface area contributed by atoms with Crippen molar-refractivity contribution in [1.29, 1.82) is 0 Å². The van der Waals surface area contributed by atoms with Gasteiger partial charge in [-0.15, -0.1) is 0 Å².